The molecule has 0 amide bonds. The van der Waals surface area contributed by atoms with Gasteiger partial charge in [-0.05, 0) is 128 Å². The first-order valence-corrected chi connectivity index (χ1v) is 31.1. The number of allylic oxidation sites excluding steroid dienone is 26. The third-order valence-electron chi connectivity index (χ3n) is 12.5. The van der Waals surface area contributed by atoms with Crippen LogP contribution in [-0.2, 0) is 33.3 Å². The van der Waals surface area contributed by atoms with Crippen molar-refractivity contribution in [3.63, 3.8) is 0 Å². The number of carbonyl (C=O) groups excluding carboxylic acids is 3. The smallest absolute Gasteiger partial charge is 0.306 e. The van der Waals surface area contributed by atoms with Crippen LogP contribution < -0.4 is 5.11 Å². The highest BCUT2D eigenvalue weighted by Crippen LogP contribution is 2.13. The average Bonchev–Trinajstić information content (AvgIpc) is 3.43. The second-order valence-corrected chi connectivity index (χ2v) is 21.3. The normalized spacial score (nSPS) is 13.9. The maximum atomic E-state index is 12.9. The number of esters is 2. The number of unbranched alkanes of at least 4 members (excludes halogenated alkanes) is 14. The lowest BCUT2D eigenvalue weighted by Crippen LogP contribution is -2.44. The van der Waals surface area contributed by atoms with Gasteiger partial charge in [-0.2, -0.15) is 0 Å². The highest BCUT2D eigenvalue weighted by atomic mass is 16.7. The minimum atomic E-state index is -1.64. The van der Waals surface area contributed by atoms with Gasteiger partial charge in [-0.1, -0.05) is 230 Å². The number of likely N-dealkylation sites (N-methyl/N-ethyl adjacent to an activating group) is 1. The first kappa shape index (κ1) is 74.9. The number of carbonyl (C=O) groups is 3. The van der Waals surface area contributed by atoms with Crippen LogP contribution in [0.1, 0.15) is 213 Å². The molecule has 0 aromatic carbocycles. The maximum absolute atomic E-state index is 12.9. The Morgan fingerprint density at radius 1 is 0.388 bits per heavy atom. The number of rotatable bonds is 55. The molecule has 0 aromatic heterocycles. The topological polar surface area (TPSA) is 111 Å². The highest BCUT2D eigenvalue weighted by Gasteiger charge is 2.22. The molecule has 0 fully saturated rings. The fourth-order valence-electron chi connectivity index (χ4n) is 7.75. The molecule has 0 saturated carbocycles. The Hall–Kier alpha value is -5.09. The third kappa shape index (κ3) is 60.5. The standard InChI is InChI=1S/C71H113NO8/c1-6-8-10-12-14-16-18-20-22-23-24-25-26-27-28-29-30-31-32-33-34-35-36-37-38-39-40-41-42-43-44-45-46-47-48-50-52-54-56-58-60-62-69(74)80-67(66-79-71(70(75)76)77-64-63-72(3,4)5)65-78-68(73)61-59-57-55-53-51-49-21-19-17-15-13-11-9-7-2/h8,10,14,16,19-22,24-25,27-28,30-31,33-34,36-37,39-40,42-43,45-46,48,50,67,71H,6-7,9,11-13,15,17-18,23,26,29,32,35,38,41,44,47,49,51-66H2,1-5H3/b10-8-,16-14-,21-19-,22-20-,25-24-,28-27-,31-30-,34-33-,37-36-,40-39-,43-42-,46-45-,50-48-. The molecule has 0 heterocycles. The molecule has 2 atom stereocenters. The van der Waals surface area contributed by atoms with Crippen LogP contribution in [0.2, 0.25) is 0 Å². The van der Waals surface area contributed by atoms with Gasteiger partial charge in [-0.3, -0.25) is 9.59 Å². The zero-order valence-electron chi connectivity index (χ0n) is 51.1. The Kier molecular flexibility index (Phi) is 56.2. The summed E-state index contributed by atoms with van der Waals surface area (Å²) in [6, 6.07) is 0. The molecular weight excluding hydrogens is 995 g/mol. The Morgan fingerprint density at radius 3 is 1.07 bits per heavy atom. The fourth-order valence-corrected chi connectivity index (χ4v) is 7.75. The van der Waals surface area contributed by atoms with Crippen LogP contribution >= 0.6 is 0 Å². The molecule has 0 N–H and O–H groups in total. The van der Waals surface area contributed by atoms with Crippen LogP contribution in [0.15, 0.2) is 158 Å². The maximum Gasteiger partial charge on any atom is 0.306 e. The van der Waals surface area contributed by atoms with Crippen molar-refractivity contribution < 1.29 is 42.9 Å². The molecule has 450 valence electrons. The summed E-state index contributed by atoms with van der Waals surface area (Å²) >= 11 is 0. The zero-order valence-corrected chi connectivity index (χ0v) is 51.1. The summed E-state index contributed by atoms with van der Waals surface area (Å²) < 4.78 is 22.6. The predicted molar refractivity (Wildman–Crippen MR) is 338 cm³/mol. The van der Waals surface area contributed by atoms with Crippen LogP contribution in [0.25, 0.3) is 0 Å². The van der Waals surface area contributed by atoms with E-state index in [-0.39, 0.29) is 38.6 Å². The van der Waals surface area contributed by atoms with Crippen LogP contribution in [0.4, 0.5) is 0 Å². The van der Waals surface area contributed by atoms with Crippen molar-refractivity contribution in [3.05, 3.63) is 158 Å². The number of quaternary nitrogens is 1. The fraction of sp³-hybridized carbons (Fsp3) is 0.592. The van der Waals surface area contributed by atoms with Gasteiger partial charge < -0.3 is 33.3 Å². The Bertz CT molecular complexity index is 1870. The molecule has 9 nitrogen and oxygen atoms in total. The van der Waals surface area contributed by atoms with Crippen LogP contribution in [-0.4, -0.2) is 82.3 Å². The lowest BCUT2D eigenvalue weighted by Gasteiger charge is -2.26. The van der Waals surface area contributed by atoms with Gasteiger partial charge in [0, 0.05) is 12.8 Å². The summed E-state index contributed by atoms with van der Waals surface area (Å²) in [5.74, 6) is -2.35. The van der Waals surface area contributed by atoms with E-state index < -0.39 is 24.3 Å². The lowest BCUT2D eigenvalue weighted by molar-refractivity contribution is -0.870. The highest BCUT2D eigenvalue weighted by molar-refractivity contribution is 5.70. The molecular formula is C71H113NO8. The predicted octanol–water partition coefficient (Wildman–Crippen LogP) is 17.6. The molecule has 0 saturated heterocycles. The van der Waals surface area contributed by atoms with Crippen molar-refractivity contribution in [1.82, 2.24) is 0 Å². The van der Waals surface area contributed by atoms with Crippen molar-refractivity contribution in [1.29, 1.82) is 0 Å². The van der Waals surface area contributed by atoms with Gasteiger partial charge in [-0.25, -0.2) is 0 Å². The second kappa shape index (κ2) is 60.0. The minimum absolute atomic E-state index is 0.133. The van der Waals surface area contributed by atoms with Crippen molar-refractivity contribution in [2.45, 2.75) is 225 Å². The summed E-state index contributed by atoms with van der Waals surface area (Å²) in [6.07, 6.45) is 85.9. The summed E-state index contributed by atoms with van der Waals surface area (Å²) in [5.41, 5.74) is 0. The monoisotopic (exact) mass is 1110 g/mol. The van der Waals surface area contributed by atoms with Crippen LogP contribution in [0, 0.1) is 0 Å². The van der Waals surface area contributed by atoms with E-state index in [1.165, 1.54) is 38.5 Å². The quantitative estimate of drug-likeness (QED) is 0.0195. The molecule has 80 heavy (non-hydrogen) atoms. The van der Waals surface area contributed by atoms with Gasteiger partial charge in [0.25, 0.3) is 0 Å². The van der Waals surface area contributed by atoms with E-state index in [0.717, 1.165) is 141 Å². The van der Waals surface area contributed by atoms with Gasteiger partial charge in [0.15, 0.2) is 12.4 Å². The molecule has 9 heteroatoms. The largest absolute Gasteiger partial charge is 0.545 e. The SMILES string of the molecule is CC/C=C\C/C=C\C/C=C\C/C=C\C/C=C\C/C=C\C/C=C\C/C=C\C/C=C\C/C=C\C/C=C\C/C=C\CCCCCCC(=O)OC(COC(=O)CCCCCCC/C=C\CCCCCCC)COC(OCC[N+](C)(C)C)C(=O)[O-]. The Labute approximate surface area is 489 Å². The van der Waals surface area contributed by atoms with E-state index in [2.05, 4.69) is 172 Å². The van der Waals surface area contributed by atoms with Gasteiger partial charge in [0.2, 0.25) is 0 Å². The minimum Gasteiger partial charge on any atom is -0.545 e. The Morgan fingerprint density at radius 2 is 0.713 bits per heavy atom. The molecule has 0 radical (unpaired) electrons. The molecule has 0 aliphatic heterocycles. The summed E-state index contributed by atoms with van der Waals surface area (Å²) in [4.78, 5) is 37.2. The first-order chi connectivity index (χ1) is 39.1. The van der Waals surface area contributed by atoms with Crippen molar-refractivity contribution in [2.75, 3.05) is 47.5 Å². The number of carboxylic acid groups (broad SMARTS) is 1. The van der Waals surface area contributed by atoms with E-state index in [4.69, 9.17) is 18.9 Å². The van der Waals surface area contributed by atoms with E-state index in [9.17, 15) is 19.5 Å². The third-order valence-corrected chi connectivity index (χ3v) is 12.5. The number of hydrogen-bond donors (Lipinski definition) is 0. The lowest BCUT2D eigenvalue weighted by atomic mass is 10.1. The molecule has 0 bridgehead atoms. The Balaban J connectivity index is 4.24. The first-order valence-electron chi connectivity index (χ1n) is 31.1. The zero-order chi connectivity index (χ0) is 58.3. The van der Waals surface area contributed by atoms with Crippen LogP contribution in [0.5, 0.6) is 0 Å². The van der Waals surface area contributed by atoms with Gasteiger partial charge in [0.05, 0.1) is 40.3 Å². The molecule has 0 spiro atoms. The van der Waals surface area contributed by atoms with Gasteiger partial charge in [-0.15, -0.1) is 0 Å². The molecule has 0 aliphatic carbocycles. The van der Waals surface area contributed by atoms with E-state index in [1.54, 1.807) is 0 Å². The van der Waals surface area contributed by atoms with E-state index in [0.29, 0.717) is 17.4 Å². The van der Waals surface area contributed by atoms with Crippen molar-refractivity contribution >= 4 is 17.9 Å². The number of ether oxygens (including phenoxy) is 4. The van der Waals surface area contributed by atoms with Crippen molar-refractivity contribution in [2.24, 2.45) is 0 Å². The van der Waals surface area contributed by atoms with E-state index in [1.807, 2.05) is 21.1 Å². The van der Waals surface area contributed by atoms with E-state index >= 15 is 0 Å². The summed E-state index contributed by atoms with van der Waals surface area (Å²) in [5, 5.41) is 11.8. The number of nitrogens with zero attached hydrogens (tertiary/aromatic N) is 1. The molecule has 2 unspecified atom stereocenters. The van der Waals surface area contributed by atoms with Gasteiger partial charge >= 0.3 is 11.9 Å². The summed E-state index contributed by atoms with van der Waals surface area (Å²) in [7, 11) is 5.89. The number of carboxylic acids is 1. The molecule has 0 aromatic rings. The molecule has 0 rings (SSSR count). The van der Waals surface area contributed by atoms with Gasteiger partial charge in [0.1, 0.15) is 13.2 Å². The number of aliphatic carboxylic acids is 1. The van der Waals surface area contributed by atoms with Crippen molar-refractivity contribution in [3.8, 4) is 0 Å². The van der Waals surface area contributed by atoms with Crippen LogP contribution in [0.3, 0.4) is 0 Å². The second-order valence-electron chi connectivity index (χ2n) is 21.3. The molecule has 0 aliphatic rings. The average molecular weight is 1110 g/mol. The summed E-state index contributed by atoms with van der Waals surface area (Å²) in [6.45, 7) is 4.55. The number of hydrogen-bond acceptors (Lipinski definition) is 8.